The van der Waals surface area contributed by atoms with Crippen LogP contribution in [0.4, 0.5) is 0 Å². The van der Waals surface area contributed by atoms with Gasteiger partial charge in [-0.25, -0.2) is 0 Å². The van der Waals surface area contributed by atoms with Crippen molar-refractivity contribution < 1.29 is 9.53 Å². The molecule has 2 fully saturated rings. The molecule has 2 heteroatoms. The van der Waals surface area contributed by atoms with Gasteiger partial charge in [0.25, 0.3) is 0 Å². The van der Waals surface area contributed by atoms with Gasteiger partial charge in [-0.1, -0.05) is 6.92 Å². The lowest BCUT2D eigenvalue weighted by Crippen LogP contribution is -2.41. The Kier molecular flexibility index (Phi) is 2.18. The van der Waals surface area contributed by atoms with Crippen molar-refractivity contribution in [2.24, 2.45) is 5.92 Å². The van der Waals surface area contributed by atoms with Crippen LogP contribution in [0.2, 0.25) is 0 Å². The van der Waals surface area contributed by atoms with Crippen LogP contribution in [-0.4, -0.2) is 17.5 Å². The molecule has 2 nitrogen and oxygen atoms in total. The van der Waals surface area contributed by atoms with Crippen molar-refractivity contribution in [3.63, 3.8) is 0 Å². The van der Waals surface area contributed by atoms with Gasteiger partial charge in [-0.3, -0.25) is 4.79 Å². The molecule has 1 heterocycles. The number of hydrogen-bond donors (Lipinski definition) is 0. The summed E-state index contributed by atoms with van der Waals surface area (Å²) >= 11 is 0. The van der Waals surface area contributed by atoms with Crippen molar-refractivity contribution in [3.05, 3.63) is 0 Å². The molecular formula is C11H18O2. The first-order chi connectivity index (χ1) is 6.14. The zero-order chi connectivity index (χ0) is 9.47. The van der Waals surface area contributed by atoms with Crippen LogP contribution >= 0.6 is 0 Å². The van der Waals surface area contributed by atoms with E-state index >= 15 is 0 Å². The first-order valence-electron chi connectivity index (χ1n) is 5.35. The van der Waals surface area contributed by atoms with Crippen molar-refractivity contribution in [1.29, 1.82) is 0 Å². The summed E-state index contributed by atoms with van der Waals surface area (Å²) in [5.74, 6) is 0.900. The fourth-order valence-electron chi connectivity index (χ4n) is 2.61. The van der Waals surface area contributed by atoms with Gasteiger partial charge in [-0.05, 0) is 38.5 Å². The molecule has 0 aromatic carbocycles. The number of hydrogen-bond acceptors (Lipinski definition) is 2. The molecule has 74 valence electrons. The van der Waals surface area contributed by atoms with Gasteiger partial charge in [-0.15, -0.1) is 0 Å². The van der Waals surface area contributed by atoms with E-state index in [-0.39, 0.29) is 11.7 Å². The Morgan fingerprint density at radius 3 is 2.69 bits per heavy atom. The second-order valence-corrected chi connectivity index (χ2v) is 4.63. The van der Waals surface area contributed by atoms with Crippen molar-refractivity contribution in [3.8, 4) is 0 Å². The quantitative estimate of drug-likeness (QED) is 0.574. The Morgan fingerprint density at radius 2 is 2.15 bits per heavy atom. The molecule has 1 saturated heterocycles. The number of Topliss-reactive ketones (excluding diaryl/α,β-unsaturated/α-hetero) is 1. The zero-order valence-electron chi connectivity index (χ0n) is 8.51. The Balaban J connectivity index is 2.16. The largest absolute Gasteiger partial charge is 0.364 e. The van der Waals surface area contributed by atoms with Crippen LogP contribution in [0.5, 0.6) is 0 Å². The topological polar surface area (TPSA) is 26.3 Å². The molecule has 1 spiro atoms. The maximum atomic E-state index is 11.8. The minimum absolute atomic E-state index is 0.266. The first kappa shape index (κ1) is 9.20. The maximum absolute atomic E-state index is 11.8. The minimum Gasteiger partial charge on any atom is -0.364 e. The summed E-state index contributed by atoms with van der Waals surface area (Å²) in [5, 5.41) is 0. The van der Waals surface area contributed by atoms with E-state index in [1.54, 1.807) is 0 Å². The van der Waals surface area contributed by atoms with Gasteiger partial charge in [0, 0.05) is 6.42 Å². The fraction of sp³-hybridized carbons (Fsp3) is 0.909. The van der Waals surface area contributed by atoms with Crippen molar-refractivity contribution in [1.82, 2.24) is 0 Å². The van der Waals surface area contributed by atoms with Crippen LogP contribution < -0.4 is 0 Å². The normalized spacial score (nSPS) is 45.8. The van der Waals surface area contributed by atoms with E-state index < -0.39 is 0 Å². The molecular weight excluding hydrogens is 164 g/mol. The van der Waals surface area contributed by atoms with Crippen molar-refractivity contribution >= 4 is 5.78 Å². The maximum Gasteiger partial charge on any atom is 0.164 e. The summed E-state index contributed by atoms with van der Waals surface area (Å²) in [4.78, 5) is 11.8. The van der Waals surface area contributed by atoms with E-state index in [2.05, 4.69) is 13.8 Å². The summed E-state index contributed by atoms with van der Waals surface area (Å²) < 4.78 is 5.86. The van der Waals surface area contributed by atoms with E-state index in [0.717, 1.165) is 32.1 Å². The van der Waals surface area contributed by atoms with E-state index in [9.17, 15) is 4.79 Å². The lowest BCUT2D eigenvalue weighted by molar-refractivity contribution is -0.146. The number of ether oxygens (including phenoxy) is 1. The lowest BCUT2D eigenvalue weighted by Gasteiger charge is -2.31. The third-order valence-electron chi connectivity index (χ3n) is 3.61. The Labute approximate surface area is 79.7 Å². The molecule has 2 aliphatic rings. The summed E-state index contributed by atoms with van der Waals surface area (Å²) in [6, 6.07) is 0. The molecule has 13 heavy (non-hydrogen) atoms. The van der Waals surface area contributed by atoms with Gasteiger partial charge in [0.15, 0.2) is 5.78 Å². The summed E-state index contributed by atoms with van der Waals surface area (Å²) in [6.45, 7) is 4.27. The van der Waals surface area contributed by atoms with Crippen LogP contribution in [0.3, 0.4) is 0 Å². The highest BCUT2D eigenvalue weighted by Gasteiger charge is 2.48. The number of carbonyl (C=O) groups excluding carboxylic acids is 1. The van der Waals surface area contributed by atoms with Crippen molar-refractivity contribution in [2.75, 3.05) is 0 Å². The third kappa shape index (κ3) is 1.41. The van der Waals surface area contributed by atoms with Crippen LogP contribution in [-0.2, 0) is 9.53 Å². The molecule has 1 saturated carbocycles. The molecule has 0 radical (unpaired) electrons. The highest BCUT2D eigenvalue weighted by Crippen LogP contribution is 2.42. The Hall–Kier alpha value is -0.370. The van der Waals surface area contributed by atoms with Gasteiger partial charge in [0.05, 0.1) is 6.10 Å². The fourth-order valence-corrected chi connectivity index (χ4v) is 2.61. The number of rotatable bonds is 0. The predicted molar refractivity (Wildman–Crippen MR) is 50.5 cm³/mol. The molecule has 3 atom stereocenters. The summed E-state index contributed by atoms with van der Waals surface area (Å²) in [7, 11) is 0. The standard InChI is InChI=1S/C11H18O2/c1-8-7-11(13-9(8)2)6-4-3-5-10(11)12/h8-9H,3-7H2,1-2H3/t8-,9-,11-/m0/s1. The second kappa shape index (κ2) is 3.09. The Bertz CT molecular complexity index is 212. The average molecular weight is 182 g/mol. The second-order valence-electron chi connectivity index (χ2n) is 4.63. The zero-order valence-corrected chi connectivity index (χ0v) is 8.51. The first-order valence-corrected chi connectivity index (χ1v) is 5.35. The molecule has 0 amide bonds. The van der Waals surface area contributed by atoms with Gasteiger partial charge in [0.1, 0.15) is 5.60 Å². The monoisotopic (exact) mass is 182 g/mol. The molecule has 1 aliphatic heterocycles. The molecule has 1 aliphatic carbocycles. The smallest absolute Gasteiger partial charge is 0.164 e. The SMILES string of the molecule is C[C@@H]1O[C@@]2(CCCCC2=O)C[C@@H]1C. The molecule has 0 bridgehead atoms. The molecule has 0 aromatic heterocycles. The van der Waals surface area contributed by atoms with E-state index in [1.165, 1.54) is 0 Å². The van der Waals surface area contributed by atoms with Crippen LogP contribution in [0.15, 0.2) is 0 Å². The third-order valence-corrected chi connectivity index (χ3v) is 3.61. The van der Waals surface area contributed by atoms with Gasteiger partial charge in [-0.2, -0.15) is 0 Å². The molecule has 2 rings (SSSR count). The predicted octanol–water partition coefficient (Wildman–Crippen LogP) is 2.31. The van der Waals surface area contributed by atoms with Crippen LogP contribution in [0.1, 0.15) is 46.0 Å². The van der Waals surface area contributed by atoms with Crippen molar-refractivity contribution in [2.45, 2.75) is 57.7 Å². The molecule has 0 unspecified atom stereocenters. The highest BCUT2D eigenvalue weighted by molar-refractivity contribution is 5.88. The molecule has 0 aromatic rings. The number of ketones is 1. The molecule has 0 N–H and O–H groups in total. The van der Waals surface area contributed by atoms with Gasteiger partial charge < -0.3 is 4.74 Å². The highest BCUT2D eigenvalue weighted by atomic mass is 16.5. The minimum atomic E-state index is -0.364. The van der Waals surface area contributed by atoms with E-state index in [4.69, 9.17) is 4.74 Å². The van der Waals surface area contributed by atoms with Crippen LogP contribution in [0, 0.1) is 5.92 Å². The van der Waals surface area contributed by atoms with Gasteiger partial charge in [0.2, 0.25) is 0 Å². The summed E-state index contributed by atoms with van der Waals surface area (Å²) in [6.07, 6.45) is 5.13. The lowest BCUT2D eigenvalue weighted by atomic mass is 9.79. The van der Waals surface area contributed by atoms with E-state index in [0.29, 0.717) is 11.7 Å². The van der Waals surface area contributed by atoms with Gasteiger partial charge >= 0.3 is 0 Å². The number of carbonyl (C=O) groups is 1. The average Bonchev–Trinajstić information content (AvgIpc) is 2.36. The summed E-state index contributed by atoms with van der Waals surface area (Å²) in [5.41, 5.74) is -0.364. The van der Waals surface area contributed by atoms with Crippen LogP contribution in [0.25, 0.3) is 0 Å². The van der Waals surface area contributed by atoms with E-state index in [1.807, 2.05) is 0 Å². The Morgan fingerprint density at radius 1 is 1.38 bits per heavy atom.